The van der Waals surface area contributed by atoms with Gasteiger partial charge in [-0.15, -0.1) is 11.3 Å². The molecule has 0 atom stereocenters. The van der Waals surface area contributed by atoms with E-state index in [4.69, 9.17) is 4.74 Å². The third kappa shape index (κ3) is 4.60. The monoisotopic (exact) mass is 404 g/mol. The van der Waals surface area contributed by atoms with Crippen molar-refractivity contribution in [3.8, 4) is 0 Å². The highest BCUT2D eigenvalue weighted by Gasteiger charge is 2.26. The fourth-order valence-electron chi connectivity index (χ4n) is 2.27. The van der Waals surface area contributed by atoms with E-state index in [0.717, 1.165) is 11.3 Å². The molecule has 28 heavy (non-hydrogen) atoms. The summed E-state index contributed by atoms with van der Waals surface area (Å²) < 4.78 is 9.40. The number of ether oxygens (including phenoxy) is 2. The van der Waals surface area contributed by atoms with Gasteiger partial charge in [0.05, 0.1) is 24.7 Å². The Balaban J connectivity index is 2.23. The topological polar surface area (TPSA) is 125 Å². The lowest BCUT2D eigenvalue weighted by atomic mass is 10.1. The minimum Gasteiger partial charge on any atom is -0.465 e. The second-order valence-electron chi connectivity index (χ2n) is 5.41. The van der Waals surface area contributed by atoms with Crippen LogP contribution in [-0.4, -0.2) is 37.0 Å². The van der Waals surface area contributed by atoms with E-state index in [-0.39, 0.29) is 21.1 Å². The molecule has 0 saturated carbocycles. The molecule has 146 valence electrons. The predicted molar refractivity (Wildman–Crippen MR) is 102 cm³/mol. The first kappa shape index (κ1) is 20.8. The quantitative estimate of drug-likeness (QED) is 0.339. The highest BCUT2D eigenvalue weighted by atomic mass is 32.1. The maximum absolute atomic E-state index is 12.2. The van der Waals surface area contributed by atoms with Crippen molar-refractivity contribution >= 4 is 45.9 Å². The fourth-order valence-corrected chi connectivity index (χ4v) is 3.39. The van der Waals surface area contributed by atoms with Crippen LogP contribution in [0.3, 0.4) is 0 Å². The summed E-state index contributed by atoms with van der Waals surface area (Å²) in [6.45, 7) is 1.55. The number of non-ortho nitro benzene ring substituents is 1. The molecule has 1 aromatic heterocycles. The van der Waals surface area contributed by atoms with Crippen molar-refractivity contribution in [2.24, 2.45) is 0 Å². The van der Waals surface area contributed by atoms with Crippen LogP contribution < -0.4 is 5.32 Å². The second kappa shape index (κ2) is 8.91. The Bertz CT molecular complexity index is 961. The number of amides is 1. The number of nitro groups is 1. The first-order valence-corrected chi connectivity index (χ1v) is 8.63. The van der Waals surface area contributed by atoms with Crippen molar-refractivity contribution in [2.45, 2.75) is 6.92 Å². The fraction of sp³-hybridized carbons (Fsp3) is 0.167. The van der Waals surface area contributed by atoms with Crippen LogP contribution in [0, 0.1) is 17.0 Å². The molecule has 0 saturated heterocycles. The lowest BCUT2D eigenvalue weighted by Gasteiger charge is -2.04. The van der Waals surface area contributed by atoms with Crippen LogP contribution in [0.2, 0.25) is 0 Å². The third-order valence-corrected chi connectivity index (χ3v) is 4.86. The molecular formula is C18H16N2O7S. The van der Waals surface area contributed by atoms with Gasteiger partial charge in [0.25, 0.3) is 5.69 Å². The molecule has 0 aliphatic heterocycles. The SMILES string of the molecule is COC(=O)c1sc(NC(=O)/C=C/c2ccc([N+](=O)[O-])cc2)c(C(=O)OC)c1C. The molecule has 2 aromatic rings. The minimum absolute atomic E-state index is 0.0614. The van der Waals surface area contributed by atoms with Crippen molar-refractivity contribution in [2.75, 3.05) is 19.5 Å². The molecule has 0 unspecified atom stereocenters. The second-order valence-corrected chi connectivity index (χ2v) is 6.44. The summed E-state index contributed by atoms with van der Waals surface area (Å²) in [4.78, 5) is 46.4. The molecule has 10 heteroatoms. The standard InChI is InChI=1S/C18H16N2O7S/c1-10-14(17(22)26-2)16(28-15(10)18(23)27-3)19-13(21)9-6-11-4-7-12(8-5-11)20(24)25/h4-9H,1-3H3,(H,19,21)/b9-6+. The number of hydrogen-bond acceptors (Lipinski definition) is 8. The van der Waals surface area contributed by atoms with E-state index in [2.05, 4.69) is 10.1 Å². The average molecular weight is 404 g/mol. The number of benzene rings is 1. The summed E-state index contributed by atoms with van der Waals surface area (Å²) >= 11 is 0.901. The molecule has 9 nitrogen and oxygen atoms in total. The number of nitro benzene ring substituents is 1. The van der Waals surface area contributed by atoms with Crippen molar-refractivity contribution in [1.29, 1.82) is 0 Å². The number of rotatable bonds is 6. The average Bonchev–Trinajstić information content (AvgIpc) is 3.01. The summed E-state index contributed by atoms with van der Waals surface area (Å²) in [5.41, 5.74) is 0.934. The molecule has 0 bridgehead atoms. The van der Waals surface area contributed by atoms with Gasteiger partial charge in [-0.25, -0.2) is 9.59 Å². The Hall–Kier alpha value is -3.53. The Labute approximate surface area is 163 Å². The number of hydrogen-bond donors (Lipinski definition) is 1. The molecule has 1 amide bonds. The van der Waals surface area contributed by atoms with Crippen LogP contribution in [-0.2, 0) is 14.3 Å². The van der Waals surface area contributed by atoms with Crippen molar-refractivity contribution < 1.29 is 28.8 Å². The van der Waals surface area contributed by atoms with Crippen LogP contribution >= 0.6 is 11.3 Å². The van der Waals surface area contributed by atoms with Gasteiger partial charge in [-0.05, 0) is 36.3 Å². The van der Waals surface area contributed by atoms with Gasteiger partial charge >= 0.3 is 11.9 Å². The van der Waals surface area contributed by atoms with E-state index in [1.807, 2.05) is 0 Å². The molecular weight excluding hydrogens is 388 g/mol. The van der Waals surface area contributed by atoms with Gasteiger partial charge in [0.15, 0.2) is 0 Å². The molecule has 0 fully saturated rings. The normalized spacial score (nSPS) is 10.5. The zero-order valence-electron chi connectivity index (χ0n) is 15.2. The zero-order chi connectivity index (χ0) is 20.8. The Morgan fingerprint density at radius 1 is 1.11 bits per heavy atom. The van der Waals surface area contributed by atoms with E-state index in [9.17, 15) is 24.5 Å². The first-order chi connectivity index (χ1) is 13.3. The number of carbonyl (C=O) groups is 3. The molecule has 0 radical (unpaired) electrons. The number of nitrogens with zero attached hydrogens (tertiary/aromatic N) is 1. The lowest BCUT2D eigenvalue weighted by molar-refractivity contribution is -0.384. The van der Waals surface area contributed by atoms with E-state index in [1.165, 1.54) is 50.6 Å². The van der Waals surface area contributed by atoms with Gasteiger partial charge in [0.2, 0.25) is 5.91 Å². The van der Waals surface area contributed by atoms with Gasteiger partial charge in [-0.1, -0.05) is 0 Å². The van der Waals surface area contributed by atoms with E-state index in [1.54, 1.807) is 6.92 Å². The molecule has 2 rings (SSSR count). The van der Waals surface area contributed by atoms with Gasteiger partial charge < -0.3 is 14.8 Å². The maximum atomic E-state index is 12.2. The summed E-state index contributed by atoms with van der Waals surface area (Å²) in [5, 5.41) is 13.3. The molecule has 0 aliphatic rings. The van der Waals surface area contributed by atoms with E-state index >= 15 is 0 Å². The summed E-state index contributed by atoms with van der Waals surface area (Å²) in [5.74, 6) is -1.88. The highest BCUT2D eigenvalue weighted by Crippen LogP contribution is 2.34. The predicted octanol–water partition coefficient (Wildman–Crippen LogP) is 3.19. The Morgan fingerprint density at radius 2 is 1.71 bits per heavy atom. The number of thiophene rings is 1. The zero-order valence-corrected chi connectivity index (χ0v) is 16.0. The van der Waals surface area contributed by atoms with Gasteiger partial charge in [0.1, 0.15) is 9.88 Å². The Kier molecular flexibility index (Phi) is 6.61. The summed E-state index contributed by atoms with van der Waals surface area (Å²) in [7, 11) is 2.40. The molecule has 1 heterocycles. The Morgan fingerprint density at radius 3 is 2.25 bits per heavy atom. The van der Waals surface area contributed by atoms with Crippen molar-refractivity contribution in [3.63, 3.8) is 0 Å². The summed E-state index contributed by atoms with van der Waals surface area (Å²) in [6, 6.07) is 5.62. The minimum atomic E-state index is -0.696. The van der Waals surface area contributed by atoms with Crippen LogP contribution in [0.25, 0.3) is 6.08 Å². The molecule has 1 N–H and O–H groups in total. The van der Waals surface area contributed by atoms with Gasteiger partial charge in [-0.2, -0.15) is 0 Å². The third-order valence-electron chi connectivity index (χ3n) is 3.67. The van der Waals surface area contributed by atoms with E-state index in [0.29, 0.717) is 11.1 Å². The van der Waals surface area contributed by atoms with Crippen molar-refractivity contribution in [3.05, 3.63) is 62.0 Å². The smallest absolute Gasteiger partial charge is 0.348 e. The van der Waals surface area contributed by atoms with Crippen LogP contribution in [0.5, 0.6) is 0 Å². The highest BCUT2D eigenvalue weighted by molar-refractivity contribution is 7.18. The maximum Gasteiger partial charge on any atom is 0.348 e. The molecule has 0 aliphatic carbocycles. The van der Waals surface area contributed by atoms with Crippen molar-refractivity contribution in [1.82, 2.24) is 0 Å². The first-order valence-electron chi connectivity index (χ1n) is 7.82. The largest absolute Gasteiger partial charge is 0.465 e. The van der Waals surface area contributed by atoms with Crippen LogP contribution in [0.4, 0.5) is 10.7 Å². The number of anilines is 1. The summed E-state index contributed by atoms with van der Waals surface area (Å²) in [6.07, 6.45) is 2.66. The number of esters is 2. The number of carbonyl (C=O) groups excluding carboxylic acids is 3. The number of methoxy groups -OCH3 is 2. The van der Waals surface area contributed by atoms with Crippen LogP contribution in [0.15, 0.2) is 30.3 Å². The molecule has 1 aromatic carbocycles. The molecule has 0 spiro atoms. The van der Waals surface area contributed by atoms with E-state index < -0.39 is 22.8 Å². The lowest BCUT2D eigenvalue weighted by Crippen LogP contribution is -2.11. The van der Waals surface area contributed by atoms with Gasteiger partial charge in [0, 0.05) is 18.2 Å². The van der Waals surface area contributed by atoms with Crippen LogP contribution in [0.1, 0.15) is 31.2 Å². The number of nitrogens with one attached hydrogen (secondary N) is 1. The van der Waals surface area contributed by atoms with Gasteiger partial charge in [-0.3, -0.25) is 14.9 Å².